The van der Waals surface area contributed by atoms with Crippen LogP contribution in [0.1, 0.15) is 37.1 Å². The summed E-state index contributed by atoms with van der Waals surface area (Å²) in [6.07, 6.45) is 1.18. The molecule has 8 heteroatoms. The monoisotopic (exact) mass is 443 g/mol. The van der Waals surface area contributed by atoms with Crippen molar-refractivity contribution in [1.82, 2.24) is 14.9 Å². The molecule has 1 aliphatic rings. The molecule has 0 radical (unpaired) electrons. The van der Waals surface area contributed by atoms with Crippen LogP contribution in [0, 0.1) is 12.7 Å². The molecule has 5 nitrogen and oxygen atoms in total. The lowest BCUT2D eigenvalue weighted by Crippen LogP contribution is -2.55. The van der Waals surface area contributed by atoms with Gasteiger partial charge in [0.15, 0.2) is 0 Å². The maximum absolute atomic E-state index is 14.6. The summed E-state index contributed by atoms with van der Waals surface area (Å²) < 4.78 is 17.8. The first-order valence-electron chi connectivity index (χ1n) is 9.96. The van der Waals surface area contributed by atoms with Crippen molar-refractivity contribution in [2.45, 2.75) is 50.8 Å². The Morgan fingerprint density at radius 2 is 2.13 bits per heavy atom. The number of thiazole rings is 1. The average molecular weight is 444 g/mol. The van der Waals surface area contributed by atoms with Gasteiger partial charge >= 0.3 is 0 Å². The molecule has 1 aromatic carbocycles. The van der Waals surface area contributed by atoms with Crippen LogP contribution in [0.15, 0.2) is 46.2 Å². The van der Waals surface area contributed by atoms with Crippen LogP contribution in [0.3, 0.4) is 0 Å². The van der Waals surface area contributed by atoms with E-state index >= 15 is 0 Å². The Labute approximate surface area is 185 Å². The summed E-state index contributed by atoms with van der Waals surface area (Å²) >= 11 is 2.97. The van der Waals surface area contributed by atoms with Crippen molar-refractivity contribution >= 4 is 34.8 Å². The van der Waals surface area contributed by atoms with E-state index in [-0.39, 0.29) is 11.4 Å². The molecule has 0 bridgehead atoms. The van der Waals surface area contributed by atoms with Crippen LogP contribution in [0.5, 0.6) is 0 Å². The molecule has 1 fully saturated rings. The second kappa shape index (κ2) is 8.91. The van der Waals surface area contributed by atoms with Crippen LogP contribution in [-0.4, -0.2) is 27.0 Å². The van der Waals surface area contributed by atoms with Gasteiger partial charge in [0.25, 0.3) is 0 Å². The molecule has 0 aliphatic carbocycles. The number of nitrogens with zero attached hydrogens (tertiary/aromatic N) is 3. The van der Waals surface area contributed by atoms with Gasteiger partial charge in [-0.2, -0.15) is 0 Å². The molecule has 0 atom stereocenters. The summed E-state index contributed by atoms with van der Waals surface area (Å²) in [7, 11) is 0. The van der Waals surface area contributed by atoms with E-state index in [1.54, 1.807) is 22.9 Å². The molecule has 4 rings (SSSR count). The first-order chi connectivity index (χ1) is 14.4. The molecule has 1 aliphatic heterocycles. The second-order valence-electron chi connectivity index (χ2n) is 8.08. The second-order valence-corrected chi connectivity index (χ2v) is 9.62. The normalized spacial score (nSPS) is 15.6. The molecule has 0 unspecified atom stereocenters. The van der Waals surface area contributed by atoms with Crippen molar-refractivity contribution < 1.29 is 4.39 Å². The van der Waals surface area contributed by atoms with Gasteiger partial charge in [0.2, 0.25) is 0 Å². The first-order valence-corrected chi connectivity index (χ1v) is 11.7. The van der Waals surface area contributed by atoms with Gasteiger partial charge in [-0.25, -0.2) is 14.4 Å². The van der Waals surface area contributed by atoms with Crippen LogP contribution >= 0.6 is 23.3 Å². The fourth-order valence-electron chi connectivity index (χ4n) is 3.50. The van der Waals surface area contributed by atoms with Crippen molar-refractivity contribution in [3.63, 3.8) is 0 Å². The first kappa shape index (κ1) is 21.1. The number of benzene rings is 1. The Bertz CT molecular complexity index is 1010. The van der Waals surface area contributed by atoms with Crippen LogP contribution in [0.2, 0.25) is 0 Å². The van der Waals surface area contributed by atoms with Crippen LogP contribution in [0.25, 0.3) is 0 Å². The van der Waals surface area contributed by atoms with Crippen LogP contribution in [-0.2, 0) is 13.1 Å². The van der Waals surface area contributed by atoms with Gasteiger partial charge < -0.3 is 10.0 Å². The fourth-order valence-corrected chi connectivity index (χ4v) is 4.70. The van der Waals surface area contributed by atoms with Gasteiger partial charge in [0.05, 0.1) is 16.9 Å². The molecule has 0 spiro atoms. The van der Waals surface area contributed by atoms with Gasteiger partial charge in [0.1, 0.15) is 16.7 Å². The Morgan fingerprint density at radius 1 is 1.27 bits per heavy atom. The Balaban J connectivity index is 1.42. The highest BCUT2D eigenvalue weighted by atomic mass is 32.2. The predicted molar refractivity (Wildman–Crippen MR) is 123 cm³/mol. The van der Waals surface area contributed by atoms with Crippen LogP contribution in [0.4, 0.5) is 15.9 Å². The third-order valence-corrected chi connectivity index (χ3v) is 6.97. The Kier molecular flexibility index (Phi) is 6.26. The lowest BCUT2D eigenvalue weighted by atomic mass is 9.88. The maximum atomic E-state index is 14.6. The molecule has 158 valence electrons. The zero-order chi connectivity index (χ0) is 21.1. The van der Waals surface area contributed by atoms with Gasteiger partial charge in [0, 0.05) is 48.1 Å². The van der Waals surface area contributed by atoms with E-state index in [1.165, 1.54) is 24.4 Å². The zero-order valence-corrected chi connectivity index (χ0v) is 19.0. The lowest BCUT2D eigenvalue weighted by molar-refractivity contribution is 0.00766. The molecule has 30 heavy (non-hydrogen) atoms. The highest BCUT2D eigenvalue weighted by Crippen LogP contribution is 2.32. The molecule has 2 aromatic heterocycles. The van der Waals surface area contributed by atoms with Gasteiger partial charge in [-0.3, -0.25) is 4.90 Å². The molecule has 3 aromatic rings. The van der Waals surface area contributed by atoms with Crippen molar-refractivity contribution in [1.29, 1.82) is 0 Å². The smallest absolute Gasteiger partial charge is 0.147 e. The van der Waals surface area contributed by atoms with E-state index in [2.05, 4.69) is 38.8 Å². The minimum Gasteiger partial charge on any atom is -0.379 e. The average Bonchev–Trinajstić information content (AvgIpc) is 3.24. The summed E-state index contributed by atoms with van der Waals surface area (Å²) in [5.74, 6) is 0.660. The molecule has 2 N–H and O–H groups in total. The third kappa shape index (κ3) is 4.77. The number of rotatable bonds is 8. The quantitative estimate of drug-likeness (QED) is 0.436. The van der Waals surface area contributed by atoms with Gasteiger partial charge in [-0.15, -0.1) is 11.3 Å². The summed E-state index contributed by atoms with van der Waals surface area (Å²) in [6.45, 7) is 8.71. The SMILES string of the molecule is Cc1nc(SNc2cscn2)ccc1NCc1c(F)cccc1CN1CCC1(C)C. The predicted octanol–water partition coefficient (Wildman–Crippen LogP) is 5.70. The summed E-state index contributed by atoms with van der Waals surface area (Å²) in [4.78, 5) is 11.2. The van der Waals surface area contributed by atoms with Crippen molar-refractivity contribution in [3.8, 4) is 0 Å². The highest BCUT2D eigenvalue weighted by Gasteiger charge is 2.35. The number of pyridine rings is 1. The van der Waals surface area contributed by atoms with Gasteiger partial charge in [-0.1, -0.05) is 12.1 Å². The number of nitrogens with one attached hydrogen (secondary N) is 2. The topological polar surface area (TPSA) is 53.1 Å². The summed E-state index contributed by atoms with van der Waals surface area (Å²) in [5, 5.41) is 6.18. The number of anilines is 2. The standard InChI is InChI=1S/C22H26FN5S2/c1-15-19(7-8-21(26-15)30-27-20-13-29-14-25-20)24-11-17-16(5-4-6-18(17)23)12-28-10-9-22(28,2)3/h4-8,13-14,24,27H,9-12H2,1-3H3. The van der Waals surface area contributed by atoms with Crippen molar-refractivity contribution in [2.24, 2.45) is 0 Å². The van der Waals surface area contributed by atoms with Crippen LogP contribution < -0.4 is 10.0 Å². The fraction of sp³-hybridized carbons (Fsp3) is 0.364. The minimum atomic E-state index is -0.163. The molecule has 3 heterocycles. The van der Waals surface area contributed by atoms with E-state index in [0.29, 0.717) is 6.54 Å². The summed E-state index contributed by atoms with van der Waals surface area (Å²) in [6, 6.07) is 9.31. The van der Waals surface area contributed by atoms with E-state index < -0.39 is 0 Å². The summed E-state index contributed by atoms with van der Waals surface area (Å²) in [5.41, 5.74) is 5.53. The number of aryl methyl sites for hydroxylation is 1. The van der Waals surface area contributed by atoms with Gasteiger partial charge in [-0.05, 0) is 51.0 Å². The molecule has 0 saturated carbocycles. The number of aromatic nitrogens is 2. The van der Waals surface area contributed by atoms with Crippen molar-refractivity contribution in [3.05, 3.63) is 63.9 Å². The molecule has 1 saturated heterocycles. The number of halogens is 1. The zero-order valence-electron chi connectivity index (χ0n) is 17.4. The highest BCUT2D eigenvalue weighted by molar-refractivity contribution is 8.00. The Hall–Kier alpha value is -2.16. The molecular formula is C22H26FN5S2. The third-order valence-electron chi connectivity index (χ3n) is 5.64. The Morgan fingerprint density at radius 3 is 2.80 bits per heavy atom. The van der Waals surface area contributed by atoms with E-state index in [9.17, 15) is 4.39 Å². The number of hydrogen-bond donors (Lipinski definition) is 2. The minimum absolute atomic E-state index is 0.163. The maximum Gasteiger partial charge on any atom is 0.147 e. The molecule has 0 amide bonds. The van der Waals surface area contributed by atoms with E-state index in [0.717, 1.165) is 46.4 Å². The number of hydrogen-bond acceptors (Lipinski definition) is 7. The lowest BCUT2D eigenvalue weighted by Gasteiger charge is -2.48. The largest absolute Gasteiger partial charge is 0.379 e. The van der Waals surface area contributed by atoms with Crippen molar-refractivity contribution in [2.75, 3.05) is 16.6 Å². The molecular weight excluding hydrogens is 417 g/mol. The van der Waals surface area contributed by atoms with E-state index in [1.807, 2.05) is 30.5 Å². The number of likely N-dealkylation sites (tertiary alicyclic amines) is 1. The van der Waals surface area contributed by atoms with E-state index in [4.69, 9.17) is 0 Å².